The third-order valence-corrected chi connectivity index (χ3v) is 7.17. The number of hydrogen-bond donors (Lipinski definition) is 2. The molecule has 0 radical (unpaired) electrons. The second-order valence-electron chi connectivity index (χ2n) is 8.26. The number of aliphatic hydroxyl groups is 2. The molecule has 4 nitrogen and oxygen atoms in total. The van der Waals surface area contributed by atoms with Gasteiger partial charge in [0.1, 0.15) is 0 Å². The molecule has 0 spiro atoms. The maximum atomic E-state index is 11.0. The molecular weight excluding hydrogens is 487 g/mol. The summed E-state index contributed by atoms with van der Waals surface area (Å²) < 4.78 is 0. The number of piperazine rings is 1. The molecule has 4 rings (SSSR count). The molecule has 2 atom stereocenters. The lowest BCUT2D eigenvalue weighted by molar-refractivity contribution is -0.0130. The standard InChI is InChI=1S/C27H32N2O2S.2ClH/c1-32-24-14-12-23(13-15-24)27(31)25(20-30)28-16-18-29(19-17-28)26(21-8-4-2-5-9-21)22-10-6-3-7-11-22;;/h2-15,25-27,30-31H,16-20H2,1H3;2*1H/t25-,27-;;/m0../s1. The first kappa shape index (κ1) is 28.7. The Morgan fingerprint density at radius 2 is 1.18 bits per heavy atom. The van der Waals surface area contributed by atoms with Crippen molar-refractivity contribution in [3.8, 4) is 0 Å². The first-order chi connectivity index (χ1) is 15.7. The van der Waals surface area contributed by atoms with E-state index in [1.165, 1.54) is 16.0 Å². The number of aliphatic hydroxyl groups excluding tert-OH is 2. The lowest BCUT2D eigenvalue weighted by atomic mass is 9.96. The van der Waals surface area contributed by atoms with Gasteiger partial charge in [0.15, 0.2) is 0 Å². The molecule has 1 aliphatic heterocycles. The molecule has 1 heterocycles. The minimum Gasteiger partial charge on any atom is -0.395 e. The van der Waals surface area contributed by atoms with Crippen LogP contribution < -0.4 is 0 Å². The van der Waals surface area contributed by atoms with Crippen molar-refractivity contribution >= 4 is 36.6 Å². The topological polar surface area (TPSA) is 46.9 Å². The first-order valence-electron chi connectivity index (χ1n) is 11.2. The van der Waals surface area contributed by atoms with Crippen molar-refractivity contribution in [3.05, 3.63) is 102 Å². The summed E-state index contributed by atoms with van der Waals surface area (Å²) in [7, 11) is 0. The van der Waals surface area contributed by atoms with Gasteiger partial charge >= 0.3 is 0 Å². The fourth-order valence-electron chi connectivity index (χ4n) is 4.65. The molecule has 34 heavy (non-hydrogen) atoms. The maximum Gasteiger partial charge on any atom is 0.0967 e. The van der Waals surface area contributed by atoms with Gasteiger partial charge in [0, 0.05) is 31.1 Å². The quantitative estimate of drug-likeness (QED) is 0.406. The molecule has 1 saturated heterocycles. The van der Waals surface area contributed by atoms with E-state index in [0.29, 0.717) is 0 Å². The van der Waals surface area contributed by atoms with E-state index in [-0.39, 0.29) is 43.5 Å². The molecule has 1 fully saturated rings. The van der Waals surface area contributed by atoms with Gasteiger partial charge in [0.2, 0.25) is 0 Å². The molecule has 3 aromatic carbocycles. The smallest absolute Gasteiger partial charge is 0.0967 e. The number of benzene rings is 3. The lowest BCUT2D eigenvalue weighted by Crippen LogP contribution is -2.53. The SMILES string of the molecule is CSc1ccc([C@H](O)[C@H](CO)N2CCN(C(c3ccccc3)c3ccccc3)CC2)cc1.Cl.Cl. The average molecular weight is 522 g/mol. The Bertz CT molecular complexity index is 916. The van der Waals surface area contributed by atoms with E-state index in [1.807, 2.05) is 30.5 Å². The monoisotopic (exact) mass is 520 g/mol. The zero-order valence-corrected chi connectivity index (χ0v) is 21.8. The number of halogens is 2. The van der Waals surface area contributed by atoms with Gasteiger partial charge in [-0.15, -0.1) is 36.6 Å². The van der Waals surface area contributed by atoms with Crippen molar-refractivity contribution in [1.82, 2.24) is 9.80 Å². The first-order valence-corrected chi connectivity index (χ1v) is 12.4. The largest absolute Gasteiger partial charge is 0.395 e. The summed E-state index contributed by atoms with van der Waals surface area (Å²) in [5.41, 5.74) is 3.44. The van der Waals surface area contributed by atoms with E-state index >= 15 is 0 Å². The Kier molecular flexibility index (Phi) is 11.9. The van der Waals surface area contributed by atoms with Crippen LogP contribution in [0, 0.1) is 0 Å². The second-order valence-corrected chi connectivity index (χ2v) is 9.14. The van der Waals surface area contributed by atoms with Crippen molar-refractivity contribution in [2.24, 2.45) is 0 Å². The molecule has 0 amide bonds. The van der Waals surface area contributed by atoms with Gasteiger partial charge in [-0.1, -0.05) is 72.8 Å². The predicted octanol–water partition coefficient (Wildman–Crippen LogP) is 5.05. The molecule has 0 saturated carbocycles. The minimum absolute atomic E-state index is 0. The van der Waals surface area contributed by atoms with Crippen LogP contribution in [0.3, 0.4) is 0 Å². The lowest BCUT2D eigenvalue weighted by Gasteiger charge is -2.43. The molecule has 7 heteroatoms. The van der Waals surface area contributed by atoms with Crippen LogP contribution in [0.5, 0.6) is 0 Å². The van der Waals surface area contributed by atoms with Crippen LogP contribution in [-0.2, 0) is 0 Å². The van der Waals surface area contributed by atoms with Gasteiger partial charge in [0.25, 0.3) is 0 Å². The number of hydrogen-bond acceptors (Lipinski definition) is 5. The van der Waals surface area contributed by atoms with Gasteiger partial charge in [-0.2, -0.15) is 0 Å². The van der Waals surface area contributed by atoms with Gasteiger partial charge < -0.3 is 10.2 Å². The number of rotatable bonds is 8. The van der Waals surface area contributed by atoms with E-state index in [4.69, 9.17) is 0 Å². The summed E-state index contributed by atoms with van der Waals surface area (Å²) in [6.45, 7) is 3.31. The molecule has 0 aromatic heterocycles. The van der Waals surface area contributed by atoms with E-state index in [0.717, 1.165) is 31.7 Å². The zero-order chi connectivity index (χ0) is 22.3. The van der Waals surface area contributed by atoms with E-state index in [2.05, 4.69) is 70.5 Å². The third kappa shape index (κ3) is 6.76. The normalized spacial score (nSPS) is 16.4. The van der Waals surface area contributed by atoms with Gasteiger partial charge in [-0.3, -0.25) is 9.80 Å². The van der Waals surface area contributed by atoms with Crippen molar-refractivity contribution in [1.29, 1.82) is 0 Å². The Hall–Kier alpha value is -1.57. The van der Waals surface area contributed by atoms with Crippen LogP contribution in [0.15, 0.2) is 89.8 Å². The zero-order valence-electron chi connectivity index (χ0n) is 19.4. The number of thioether (sulfide) groups is 1. The summed E-state index contributed by atoms with van der Waals surface area (Å²) in [5.74, 6) is 0. The Balaban J connectivity index is 0.00000204. The maximum absolute atomic E-state index is 11.0. The van der Waals surface area contributed by atoms with Crippen LogP contribution in [0.1, 0.15) is 28.8 Å². The highest BCUT2D eigenvalue weighted by Crippen LogP contribution is 2.31. The molecule has 2 N–H and O–H groups in total. The summed E-state index contributed by atoms with van der Waals surface area (Å²) >= 11 is 1.68. The summed E-state index contributed by atoms with van der Waals surface area (Å²) in [5, 5.41) is 21.1. The molecular formula is C27H34Cl2N2O2S. The van der Waals surface area contributed by atoms with Crippen LogP contribution in [-0.4, -0.2) is 65.1 Å². The Morgan fingerprint density at radius 3 is 1.62 bits per heavy atom. The second kappa shape index (κ2) is 14.1. The molecule has 3 aromatic rings. The van der Waals surface area contributed by atoms with Crippen LogP contribution in [0.25, 0.3) is 0 Å². The number of nitrogens with zero attached hydrogens (tertiary/aromatic N) is 2. The van der Waals surface area contributed by atoms with Gasteiger partial charge in [-0.25, -0.2) is 0 Å². The van der Waals surface area contributed by atoms with Crippen LogP contribution >= 0.6 is 36.6 Å². The average Bonchev–Trinajstić information content (AvgIpc) is 2.87. The molecule has 0 aliphatic carbocycles. The minimum atomic E-state index is -0.707. The highest BCUT2D eigenvalue weighted by Gasteiger charge is 2.32. The van der Waals surface area contributed by atoms with Crippen molar-refractivity contribution in [3.63, 3.8) is 0 Å². The predicted molar refractivity (Wildman–Crippen MR) is 146 cm³/mol. The van der Waals surface area contributed by atoms with E-state index < -0.39 is 6.10 Å². The van der Waals surface area contributed by atoms with Crippen molar-refractivity contribution < 1.29 is 10.2 Å². The Morgan fingerprint density at radius 1 is 0.706 bits per heavy atom. The molecule has 0 unspecified atom stereocenters. The summed E-state index contributed by atoms with van der Waals surface area (Å²) in [6, 6.07) is 29.2. The highest BCUT2D eigenvalue weighted by molar-refractivity contribution is 7.98. The van der Waals surface area contributed by atoms with Crippen molar-refractivity contribution in [2.45, 2.75) is 23.1 Å². The molecule has 0 bridgehead atoms. The van der Waals surface area contributed by atoms with E-state index in [1.54, 1.807) is 11.8 Å². The van der Waals surface area contributed by atoms with Crippen LogP contribution in [0.4, 0.5) is 0 Å². The molecule has 1 aliphatic rings. The fourth-order valence-corrected chi connectivity index (χ4v) is 5.06. The third-order valence-electron chi connectivity index (χ3n) is 6.42. The fraction of sp³-hybridized carbons (Fsp3) is 0.333. The van der Waals surface area contributed by atoms with Gasteiger partial charge in [0.05, 0.1) is 24.8 Å². The highest BCUT2D eigenvalue weighted by atomic mass is 35.5. The summed E-state index contributed by atoms with van der Waals surface area (Å²) in [6.07, 6.45) is 1.33. The van der Waals surface area contributed by atoms with Crippen LogP contribution in [0.2, 0.25) is 0 Å². The van der Waals surface area contributed by atoms with Crippen molar-refractivity contribution in [2.75, 3.05) is 39.0 Å². The summed E-state index contributed by atoms with van der Waals surface area (Å²) in [4.78, 5) is 5.91. The van der Waals surface area contributed by atoms with Gasteiger partial charge in [-0.05, 0) is 35.1 Å². The molecule has 184 valence electrons. The van der Waals surface area contributed by atoms with E-state index in [9.17, 15) is 10.2 Å². The Labute approximate surface area is 219 Å².